The second-order valence-corrected chi connectivity index (χ2v) is 4.06. The van der Waals surface area contributed by atoms with Crippen LogP contribution < -0.4 is 0 Å². The van der Waals surface area contributed by atoms with Crippen LogP contribution in [0.2, 0.25) is 0 Å². The third-order valence-corrected chi connectivity index (χ3v) is 2.81. The zero-order valence-electron chi connectivity index (χ0n) is 10.4. The number of aliphatic imine (C=N–C) groups is 1. The Hall–Kier alpha value is -1.89. The molecule has 1 heteroatoms. The van der Waals surface area contributed by atoms with E-state index in [0.29, 0.717) is 0 Å². The number of nitrogens with zero attached hydrogens (tertiary/aromatic N) is 1. The van der Waals surface area contributed by atoms with E-state index in [0.717, 1.165) is 17.8 Å². The van der Waals surface area contributed by atoms with E-state index in [-0.39, 0.29) is 0 Å². The van der Waals surface area contributed by atoms with Crippen molar-refractivity contribution in [2.24, 2.45) is 4.99 Å². The van der Waals surface area contributed by atoms with Gasteiger partial charge in [0.15, 0.2) is 0 Å². The van der Waals surface area contributed by atoms with Crippen LogP contribution in [0.25, 0.3) is 0 Å². The Balaban J connectivity index is 2.40. The van der Waals surface area contributed by atoms with Crippen molar-refractivity contribution in [3.05, 3.63) is 65.7 Å². The van der Waals surface area contributed by atoms with Crippen molar-refractivity contribution < 1.29 is 0 Å². The summed E-state index contributed by atoms with van der Waals surface area (Å²) >= 11 is 0. The Bertz CT molecular complexity index is 512. The summed E-state index contributed by atoms with van der Waals surface area (Å²) in [7, 11) is 0. The highest BCUT2D eigenvalue weighted by atomic mass is 14.7. The predicted octanol–water partition coefficient (Wildman–Crippen LogP) is 4.53. The smallest absolute Gasteiger partial charge is 0.0662 e. The normalized spacial score (nSPS) is 11.5. The van der Waals surface area contributed by atoms with Crippen molar-refractivity contribution >= 4 is 11.4 Å². The molecule has 0 atom stereocenters. The summed E-state index contributed by atoms with van der Waals surface area (Å²) in [5, 5.41) is 0. The standard InChI is InChI=1S/C16H17N/c1-3-15(14-10-5-4-6-11-14)17-16-12-8-7-9-13(16)2/h4-12H,3H2,1-2H3. The molecule has 0 spiro atoms. The number of aryl methyl sites for hydroxylation is 1. The van der Waals surface area contributed by atoms with Gasteiger partial charge >= 0.3 is 0 Å². The van der Waals surface area contributed by atoms with E-state index in [1.807, 2.05) is 18.2 Å². The minimum atomic E-state index is 0.943. The molecule has 0 aliphatic heterocycles. The maximum atomic E-state index is 4.76. The molecule has 2 aromatic carbocycles. The van der Waals surface area contributed by atoms with E-state index in [1.54, 1.807) is 0 Å². The number of rotatable bonds is 3. The fourth-order valence-electron chi connectivity index (χ4n) is 1.81. The minimum Gasteiger partial charge on any atom is -0.253 e. The van der Waals surface area contributed by atoms with Crippen LogP contribution in [0, 0.1) is 6.92 Å². The Labute approximate surface area is 103 Å². The van der Waals surface area contributed by atoms with Gasteiger partial charge < -0.3 is 0 Å². The third-order valence-electron chi connectivity index (χ3n) is 2.81. The molecule has 17 heavy (non-hydrogen) atoms. The van der Waals surface area contributed by atoms with Crippen LogP contribution in [0.1, 0.15) is 24.5 Å². The monoisotopic (exact) mass is 223 g/mol. The van der Waals surface area contributed by atoms with Gasteiger partial charge in [-0.15, -0.1) is 0 Å². The molecule has 0 heterocycles. The zero-order chi connectivity index (χ0) is 12.1. The van der Waals surface area contributed by atoms with Crippen molar-refractivity contribution in [2.75, 3.05) is 0 Å². The summed E-state index contributed by atoms with van der Waals surface area (Å²) in [5.74, 6) is 0. The van der Waals surface area contributed by atoms with Gasteiger partial charge in [0.2, 0.25) is 0 Å². The van der Waals surface area contributed by atoms with Gasteiger partial charge in [0.25, 0.3) is 0 Å². The summed E-state index contributed by atoms with van der Waals surface area (Å²) in [5.41, 5.74) is 4.63. The van der Waals surface area contributed by atoms with Crippen LogP contribution >= 0.6 is 0 Å². The Kier molecular flexibility index (Phi) is 3.71. The van der Waals surface area contributed by atoms with E-state index in [1.165, 1.54) is 11.1 Å². The van der Waals surface area contributed by atoms with Crippen LogP contribution in [-0.4, -0.2) is 5.71 Å². The fraction of sp³-hybridized carbons (Fsp3) is 0.188. The van der Waals surface area contributed by atoms with Crippen molar-refractivity contribution in [3.63, 3.8) is 0 Å². The second kappa shape index (κ2) is 5.44. The lowest BCUT2D eigenvalue weighted by atomic mass is 10.1. The predicted molar refractivity (Wildman–Crippen MR) is 74.1 cm³/mol. The maximum absolute atomic E-state index is 4.76. The first-order chi connectivity index (χ1) is 8.31. The maximum Gasteiger partial charge on any atom is 0.0662 e. The average Bonchev–Trinajstić information content (AvgIpc) is 2.39. The Morgan fingerprint density at radius 1 is 0.941 bits per heavy atom. The molecule has 0 radical (unpaired) electrons. The van der Waals surface area contributed by atoms with Gasteiger partial charge in [-0.3, -0.25) is 4.99 Å². The van der Waals surface area contributed by atoms with Crippen molar-refractivity contribution in [2.45, 2.75) is 20.3 Å². The van der Waals surface area contributed by atoms with Crippen LogP contribution in [0.4, 0.5) is 5.69 Å². The number of hydrogen-bond acceptors (Lipinski definition) is 1. The lowest BCUT2D eigenvalue weighted by Crippen LogP contribution is -1.98. The number of benzene rings is 2. The molecule has 0 amide bonds. The molecule has 2 aromatic rings. The first-order valence-corrected chi connectivity index (χ1v) is 6.00. The summed E-state index contributed by atoms with van der Waals surface area (Å²) in [6.07, 6.45) is 0.943. The molecular weight excluding hydrogens is 206 g/mol. The second-order valence-electron chi connectivity index (χ2n) is 4.06. The molecule has 0 N–H and O–H groups in total. The van der Waals surface area contributed by atoms with E-state index < -0.39 is 0 Å². The molecule has 0 unspecified atom stereocenters. The highest BCUT2D eigenvalue weighted by molar-refractivity contribution is 6.01. The molecule has 1 nitrogen and oxygen atoms in total. The average molecular weight is 223 g/mol. The summed E-state index contributed by atoms with van der Waals surface area (Å²) in [6.45, 7) is 4.24. The lowest BCUT2D eigenvalue weighted by Gasteiger charge is -2.05. The van der Waals surface area contributed by atoms with Crippen molar-refractivity contribution in [1.29, 1.82) is 0 Å². The highest BCUT2D eigenvalue weighted by Gasteiger charge is 2.01. The number of hydrogen-bond donors (Lipinski definition) is 0. The molecule has 86 valence electrons. The molecule has 0 aromatic heterocycles. The van der Waals surface area contributed by atoms with E-state index >= 15 is 0 Å². The van der Waals surface area contributed by atoms with E-state index in [2.05, 4.69) is 50.2 Å². The number of para-hydroxylation sites is 1. The third kappa shape index (κ3) is 2.82. The molecular formula is C16H17N. The summed E-state index contributed by atoms with van der Waals surface area (Å²) < 4.78 is 0. The van der Waals surface area contributed by atoms with E-state index in [4.69, 9.17) is 4.99 Å². The van der Waals surface area contributed by atoms with Gasteiger partial charge in [0, 0.05) is 5.71 Å². The van der Waals surface area contributed by atoms with Crippen LogP contribution in [0.15, 0.2) is 59.6 Å². The molecule has 0 bridgehead atoms. The largest absolute Gasteiger partial charge is 0.253 e. The first-order valence-electron chi connectivity index (χ1n) is 6.00. The quantitative estimate of drug-likeness (QED) is 0.678. The van der Waals surface area contributed by atoms with Crippen LogP contribution in [-0.2, 0) is 0 Å². The minimum absolute atomic E-state index is 0.943. The fourth-order valence-corrected chi connectivity index (χ4v) is 1.81. The summed E-state index contributed by atoms with van der Waals surface area (Å²) in [6, 6.07) is 18.6. The van der Waals surface area contributed by atoms with Crippen molar-refractivity contribution in [3.8, 4) is 0 Å². The zero-order valence-corrected chi connectivity index (χ0v) is 10.4. The molecule has 0 fully saturated rings. The highest BCUT2D eigenvalue weighted by Crippen LogP contribution is 2.19. The van der Waals surface area contributed by atoms with E-state index in [9.17, 15) is 0 Å². The topological polar surface area (TPSA) is 12.4 Å². The van der Waals surface area contributed by atoms with Gasteiger partial charge in [-0.2, -0.15) is 0 Å². The van der Waals surface area contributed by atoms with Crippen LogP contribution in [0.3, 0.4) is 0 Å². The van der Waals surface area contributed by atoms with Gasteiger partial charge in [-0.1, -0.05) is 55.5 Å². The Morgan fingerprint density at radius 3 is 2.24 bits per heavy atom. The first kappa shape index (κ1) is 11.6. The Morgan fingerprint density at radius 2 is 1.59 bits per heavy atom. The van der Waals surface area contributed by atoms with Gasteiger partial charge in [0.05, 0.1) is 5.69 Å². The SMILES string of the molecule is CCC(=Nc1ccccc1C)c1ccccc1. The molecule has 0 saturated carbocycles. The van der Waals surface area contributed by atoms with Gasteiger partial charge in [-0.25, -0.2) is 0 Å². The molecule has 0 aliphatic rings. The summed E-state index contributed by atoms with van der Waals surface area (Å²) in [4.78, 5) is 4.76. The van der Waals surface area contributed by atoms with Crippen LogP contribution in [0.5, 0.6) is 0 Å². The lowest BCUT2D eigenvalue weighted by molar-refractivity contribution is 1.25. The molecule has 0 aliphatic carbocycles. The molecule has 0 saturated heterocycles. The van der Waals surface area contributed by atoms with Gasteiger partial charge in [-0.05, 0) is 30.5 Å². The molecule has 2 rings (SSSR count). The van der Waals surface area contributed by atoms with Gasteiger partial charge in [0.1, 0.15) is 0 Å². The van der Waals surface area contributed by atoms with Crippen molar-refractivity contribution in [1.82, 2.24) is 0 Å².